The molecular formula is C23H25N4O4S+. The maximum Gasteiger partial charge on any atom is 0.279 e. The van der Waals surface area contributed by atoms with Crippen molar-refractivity contribution in [3.05, 3.63) is 47.8 Å². The minimum atomic E-state index is 0.00174. The molecule has 5 rings (SSSR count). The molecule has 0 aliphatic carbocycles. The molecular weight excluding hydrogens is 428 g/mol. The Morgan fingerprint density at radius 2 is 2.03 bits per heavy atom. The van der Waals surface area contributed by atoms with Crippen LogP contribution in [0.4, 0.5) is 10.8 Å². The summed E-state index contributed by atoms with van der Waals surface area (Å²) in [6.45, 7) is 4.19. The highest BCUT2D eigenvalue weighted by Crippen LogP contribution is 2.34. The molecule has 2 aliphatic heterocycles. The number of aromatic nitrogens is 1. The van der Waals surface area contributed by atoms with Gasteiger partial charge in [0.2, 0.25) is 6.79 Å². The van der Waals surface area contributed by atoms with Gasteiger partial charge < -0.3 is 29.3 Å². The summed E-state index contributed by atoms with van der Waals surface area (Å²) in [6.07, 6.45) is 0. The molecule has 2 aromatic carbocycles. The van der Waals surface area contributed by atoms with E-state index in [9.17, 15) is 4.79 Å². The molecule has 2 aliphatic rings. The number of thiazole rings is 1. The van der Waals surface area contributed by atoms with Crippen LogP contribution in [0.25, 0.3) is 11.3 Å². The van der Waals surface area contributed by atoms with E-state index in [-0.39, 0.29) is 12.7 Å². The van der Waals surface area contributed by atoms with Crippen molar-refractivity contribution in [2.24, 2.45) is 0 Å². The van der Waals surface area contributed by atoms with Crippen LogP contribution in [0.1, 0.15) is 0 Å². The standard InChI is InChI=1S/C23H24N4O4S/c1-29-18-4-2-3-16(11-18)19-14-32-23(25-19)27-9-7-26(8-10-27)13-22(28)24-17-5-6-20-21(12-17)31-15-30-20/h2-6,11-12,14H,7-10,13,15H2,1H3,(H,24,28)/p+1. The van der Waals surface area contributed by atoms with Crippen molar-refractivity contribution in [3.63, 3.8) is 0 Å². The van der Waals surface area contributed by atoms with Crippen molar-refractivity contribution in [1.29, 1.82) is 0 Å². The molecule has 1 saturated heterocycles. The summed E-state index contributed by atoms with van der Waals surface area (Å²) in [5.41, 5.74) is 2.74. The van der Waals surface area contributed by atoms with Crippen LogP contribution in [0, 0.1) is 0 Å². The molecule has 0 spiro atoms. The normalized spacial score (nSPS) is 15.6. The van der Waals surface area contributed by atoms with Crippen LogP contribution in [0.2, 0.25) is 0 Å². The lowest BCUT2D eigenvalue weighted by atomic mass is 10.2. The van der Waals surface area contributed by atoms with Gasteiger partial charge in [0, 0.05) is 22.7 Å². The van der Waals surface area contributed by atoms with E-state index < -0.39 is 0 Å². The van der Waals surface area contributed by atoms with Gasteiger partial charge in [0.15, 0.2) is 23.2 Å². The number of ether oxygens (including phenoxy) is 3. The van der Waals surface area contributed by atoms with Crippen molar-refractivity contribution in [3.8, 4) is 28.5 Å². The number of anilines is 2. The first-order chi connectivity index (χ1) is 15.7. The second-order valence-corrected chi connectivity index (χ2v) is 8.61. The summed E-state index contributed by atoms with van der Waals surface area (Å²) in [4.78, 5) is 20.9. The SMILES string of the molecule is COc1cccc(-c2csc(N3CC[NH+](CC(=O)Nc4ccc5c(c4)OCO5)CC3)n2)c1. The first kappa shape index (κ1) is 20.6. The van der Waals surface area contributed by atoms with Crippen LogP contribution in [-0.2, 0) is 4.79 Å². The van der Waals surface area contributed by atoms with Gasteiger partial charge in [-0.05, 0) is 24.3 Å². The fraction of sp³-hybridized carbons (Fsp3) is 0.304. The molecule has 8 nitrogen and oxygen atoms in total. The largest absolute Gasteiger partial charge is 0.497 e. The Bertz CT molecular complexity index is 1110. The topological polar surface area (TPSA) is 77.4 Å². The van der Waals surface area contributed by atoms with Crippen molar-refractivity contribution in [2.75, 3.05) is 56.8 Å². The van der Waals surface area contributed by atoms with Gasteiger partial charge in [0.25, 0.3) is 5.91 Å². The molecule has 3 heterocycles. The zero-order chi connectivity index (χ0) is 21.9. The molecule has 9 heteroatoms. The third-order valence-corrected chi connectivity index (χ3v) is 6.57. The fourth-order valence-electron chi connectivity index (χ4n) is 3.92. The lowest BCUT2D eigenvalue weighted by molar-refractivity contribution is -0.892. The number of hydrogen-bond donors (Lipinski definition) is 2. The maximum absolute atomic E-state index is 12.5. The zero-order valence-corrected chi connectivity index (χ0v) is 18.6. The number of quaternary nitrogens is 1. The van der Waals surface area contributed by atoms with Gasteiger partial charge >= 0.3 is 0 Å². The van der Waals surface area contributed by atoms with E-state index in [0.29, 0.717) is 18.0 Å². The summed E-state index contributed by atoms with van der Waals surface area (Å²) in [5.74, 6) is 2.21. The minimum Gasteiger partial charge on any atom is -0.497 e. The molecule has 0 unspecified atom stereocenters. The molecule has 3 aromatic rings. The molecule has 1 fully saturated rings. The Labute approximate surface area is 190 Å². The second-order valence-electron chi connectivity index (χ2n) is 7.78. The number of amides is 1. The van der Waals surface area contributed by atoms with E-state index in [1.54, 1.807) is 24.5 Å². The summed E-state index contributed by atoms with van der Waals surface area (Å²) in [7, 11) is 1.67. The maximum atomic E-state index is 12.5. The van der Waals surface area contributed by atoms with Crippen LogP contribution in [0.5, 0.6) is 17.2 Å². The molecule has 1 amide bonds. The highest BCUT2D eigenvalue weighted by atomic mass is 32.1. The number of methoxy groups -OCH3 is 1. The molecule has 2 N–H and O–H groups in total. The third-order valence-electron chi connectivity index (χ3n) is 5.67. The second kappa shape index (κ2) is 9.05. The summed E-state index contributed by atoms with van der Waals surface area (Å²) in [5, 5.41) is 6.07. The van der Waals surface area contributed by atoms with Crippen molar-refractivity contribution in [1.82, 2.24) is 4.98 Å². The van der Waals surface area contributed by atoms with Crippen LogP contribution < -0.4 is 29.3 Å². The quantitative estimate of drug-likeness (QED) is 0.594. The van der Waals surface area contributed by atoms with Crippen molar-refractivity contribution < 1.29 is 23.9 Å². The number of hydrogen-bond acceptors (Lipinski definition) is 7. The summed E-state index contributed by atoms with van der Waals surface area (Å²) < 4.78 is 16.0. The lowest BCUT2D eigenvalue weighted by Crippen LogP contribution is -3.15. The van der Waals surface area contributed by atoms with Crippen LogP contribution in [0.3, 0.4) is 0 Å². The molecule has 1 aromatic heterocycles. The Morgan fingerprint density at radius 1 is 1.19 bits per heavy atom. The molecule has 0 radical (unpaired) electrons. The Balaban J connectivity index is 1.13. The van der Waals surface area contributed by atoms with Crippen molar-refractivity contribution in [2.45, 2.75) is 0 Å². The Hall–Kier alpha value is -3.30. The molecule has 0 atom stereocenters. The van der Waals surface area contributed by atoms with E-state index in [0.717, 1.165) is 54.0 Å². The number of benzene rings is 2. The van der Waals surface area contributed by atoms with E-state index in [1.165, 1.54) is 4.90 Å². The first-order valence-electron chi connectivity index (χ1n) is 10.6. The molecule has 0 saturated carbocycles. The van der Waals surface area contributed by atoms with Gasteiger partial charge in [-0.25, -0.2) is 4.98 Å². The molecule has 0 bridgehead atoms. The highest BCUT2D eigenvalue weighted by Gasteiger charge is 2.24. The number of piperazine rings is 1. The number of fused-ring (bicyclic) bond motifs is 1. The number of nitrogens with zero attached hydrogens (tertiary/aromatic N) is 2. The summed E-state index contributed by atoms with van der Waals surface area (Å²) >= 11 is 1.65. The fourth-order valence-corrected chi connectivity index (χ4v) is 4.81. The van der Waals surface area contributed by atoms with Crippen molar-refractivity contribution >= 4 is 28.1 Å². The Kier molecular flexibility index (Phi) is 5.83. The van der Waals surface area contributed by atoms with Gasteiger partial charge in [0.1, 0.15) is 5.75 Å². The summed E-state index contributed by atoms with van der Waals surface area (Å²) in [6, 6.07) is 13.4. The number of nitrogens with one attached hydrogen (secondary N) is 2. The number of carbonyl (C=O) groups is 1. The van der Waals surface area contributed by atoms with Gasteiger partial charge in [-0.2, -0.15) is 0 Å². The van der Waals surface area contributed by atoms with E-state index in [2.05, 4.69) is 15.6 Å². The van der Waals surface area contributed by atoms with Gasteiger partial charge in [-0.1, -0.05) is 12.1 Å². The monoisotopic (exact) mass is 453 g/mol. The zero-order valence-electron chi connectivity index (χ0n) is 17.8. The van der Waals surface area contributed by atoms with Crippen LogP contribution in [0.15, 0.2) is 47.8 Å². The third kappa shape index (κ3) is 4.49. The number of carbonyl (C=O) groups excluding carboxylic acids is 1. The van der Waals surface area contributed by atoms with Crippen LogP contribution in [-0.4, -0.2) is 57.5 Å². The predicted octanol–water partition coefficient (Wildman–Crippen LogP) is 1.89. The molecule has 166 valence electrons. The van der Waals surface area contributed by atoms with Gasteiger partial charge in [-0.3, -0.25) is 4.79 Å². The number of rotatable bonds is 6. The molecule has 32 heavy (non-hydrogen) atoms. The Morgan fingerprint density at radius 3 is 2.88 bits per heavy atom. The van der Waals surface area contributed by atoms with Crippen LogP contribution >= 0.6 is 11.3 Å². The average Bonchev–Trinajstić information content (AvgIpc) is 3.49. The average molecular weight is 454 g/mol. The lowest BCUT2D eigenvalue weighted by Gasteiger charge is -2.31. The van der Waals surface area contributed by atoms with E-state index in [4.69, 9.17) is 19.2 Å². The van der Waals surface area contributed by atoms with E-state index in [1.807, 2.05) is 36.4 Å². The van der Waals surface area contributed by atoms with Gasteiger partial charge in [-0.15, -0.1) is 11.3 Å². The highest BCUT2D eigenvalue weighted by molar-refractivity contribution is 7.14. The minimum absolute atomic E-state index is 0.00174. The smallest absolute Gasteiger partial charge is 0.279 e. The first-order valence-corrected chi connectivity index (χ1v) is 11.4. The van der Waals surface area contributed by atoms with Gasteiger partial charge in [0.05, 0.1) is 39.0 Å². The van der Waals surface area contributed by atoms with E-state index >= 15 is 0 Å². The predicted molar refractivity (Wildman–Crippen MR) is 123 cm³/mol.